The molecular weight excluding hydrogens is 338 g/mol. The van der Waals surface area contributed by atoms with E-state index in [-0.39, 0.29) is 11.0 Å². The number of halogens is 1. The van der Waals surface area contributed by atoms with Crippen LogP contribution < -0.4 is 4.74 Å². The van der Waals surface area contributed by atoms with Crippen molar-refractivity contribution in [2.75, 3.05) is 6.61 Å². The molecule has 0 amide bonds. The van der Waals surface area contributed by atoms with Gasteiger partial charge >= 0.3 is 0 Å². The molecule has 0 spiro atoms. The summed E-state index contributed by atoms with van der Waals surface area (Å²) in [6.07, 6.45) is 3.06. The molecule has 20 heavy (non-hydrogen) atoms. The molecule has 1 unspecified atom stereocenters. The van der Waals surface area contributed by atoms with E-state index in [2.05, 4.69) is 33.5 Å². The maximum atomic E-state index is 11.1. The fourth-order valence-corrected chi connectivity index (χ4v) is 2.71. The van der Waals surface area contributed by atoms with Crippen molar-refractivity contribution in [2.45, 2.75) is 19.8 Å². The lowest BCUT2D eigenvalue weighted by atomic mass is 10.0. The molecule has 0 bridgehead atoms. The van der Waals surface area contributed by atoms with E-state index in [0.717, 1.165) is 27.5 Å². The minimum absolute atomic E-state index is 0.0979. The molecule has 1 heterocycles. The van der Waals surface area contributed by atoms with Crippen molar-refractivity contribution in [3.63, 3.8) is 0 Å². The van der Waals surface area contributed by atoms with Crippen molar-refractivity contribution in [2.24, 2.45) is 5.92 Å². The van der Waals surface area contributed by atoms with Crippen molar-refractivity contribution in [3.05, 3.63) is 34.9 Å². The van der Waals surface area contributed by atoms with Gasteiger partial charge in [0.1, 0.15) is 11.3 Å². The minimum atomic E-state index is -0.0979. The first-order valence-corrected chi connectivity index (χ1v) is 7.73. The molecule has 0 N–H and O–H groups in total. The Labute approximate surface area is 132 Å². The molecule has 1 aromatic heterocycles. The zero-order chi connectivity index (χ0) is 14.5. The molecule has 5 heteroatoms. The van der Waals surface area contributed by atoms with Gasteiger partial charge in [0.25, 0.3) is 0 Å². The van der Waals surface area contributed by atoms with Crippen LogP contribution in [0.25, 0.3) is 10.9 Å². The van der Waals surface area contributed by atoms with E-state index < -0.39 is 0 Å². The van der Waals surface area contributed by atoms with Gasteiger partial charge in [0.2, 0.25) is 0 Å². The fraction of sp³-hybridized carbons (Fsp3) is 0.333. The Bertz CT molecular complexity index is 618. The van der Waals surface area contributed by atoms with Crippen LogP contribution in [-0.2, 0) is 4.79 Å². The number of pyridine rings is 1. The first kappa shape index (κ1) is 15.3. The second-order valence-corrected chi connectivity index (χ2v) is 5.98. The molecular formula is C15H16BrNO2S. The van der Waals surface area contributed by atoms with Crippen LogP contribution in [0, 0.1) is 5.92 Å². The first-order valence-electron chi connectivity index (χ1n) is 6.49. The number of nitrogens with zero attached hydrogens (tertiary/aromatic N) is 1. The predicted molar refractivity (Wildman–Crippen MR) is 87.3 cm³/mol. The third-order valence-electron chi connectivity index (χ3n) is 3.19. The average molecular weight is 354 g/mol. The average Bonchev–Trinajstić information content (AvgIpc) is 2.45. The van der Waals surface area contributed by atoms with Crippen LogP contribution in [0.3, 0.4) is 0 Å². The molecule has 0 saturated heterocycles. The second-order valence-electron chi connectivity index (χ2n) is 4.63. The smallest absolute Gasteiger partial charge is 0.186 e. The largest absolute Gasteiger partial charge is 0.491 e. The summed E-state index contributed by atoms with van der Waals surface area (Å²) in [4.78, 5) is 15.4. The lowest BCUT2D eigenvalue weighted by Gasteiger charge is -2.15. The van der Waals surface area contributed by atoms with Gasteiger partial charge < -0.3 is 4.74 Å². The number of ether oxygens (including phenoxy) is 1. The molecule has 0 aliphatic carbocycles. The number of aromatic nitrogens is 1. The summed E-state index contributed by atoms with van der Waals surface area (Å²) in [6.45, 7) is 2.54. The highest BCUT2D eigenvalue weighted by Gasteiger charge is 2.12. The quantitative estimate of drug-likeness (QED) is 0.789. The number of hydrogen-bond donors (Lipinski definition) is 1. The van der Waals surface area contributed by atoms with Gasteiger partial charge in [-0.05, 0) is 24.6 Å². The minimum Gasteiger partial charge on any atom is -0.491 e. The molecule has 2 aromatic rings. The van der Waals surface area contributed by atoms with Crippen LogP contribution in [-0.4, -0.2) is 16.7 Å². The van der Waals surface area contributed by atoms with Gasteiger partial charge in [0, 0.05) is 28.4 Å². The Balaban J connectivity index is 2.18. The Morgan fingerprint density at radius 1 is 1.45 bits per heavy atom. The summed E-state index contributed by atoms with van der Waals surface area (Å²) >= 11 is 7.34. The zero-order valence-corrected chi connectivity index (χ0v) is 13.7. The van der Waals surface area contributed by atoms with Gasteiger partial charge in [-0.1, -0.05) is 28.9 Å². The Hall–Kier alpha value is -1.07. The molecule has 0 fully saturated rings. The summed E-state index contributed by atoms with van der Waals surface area (Å²) in [6, 6.07) is 7.73. The molecule has 106 valence electrons. The number of carbonyl (C=O) groups is 1. The third kappa shape index (κ3) is 3.73. The lowest BCUT2D eigenvalue weighted by Crippen LogP contribution is -2.14. The van der Waals surface area contributed by atoms with Gasteiger partial charge in [-0.3, -0.25) is 9.78 Å². The van der Waals surface area contributed by atoms with Crippen LogP contribution in [0.5, 0.6) is 5.75 Å². The van der Waals surface area contributed by atoms with E-state index in [9.17, 15) is 4.79 Å². The zero-order valence-electron chi connectivity index (χ0n) is 11.2. The molecule has 1 aromatic carbocycles. The van der Waals surface area contributed by atoms with Crippen LogP contribution in [0.4, 0.5) is 0 Å². The van der Waals surface area contributed by atoms with Crippen molar-refractivity contribution in [1.29, 1.82) is 0 Å². The Morgan fingerprint density at radius 3 is 2.95 bits per heavy atom. The third-order valence-corrected chi connectivity index (χ3v) is 4.07. The van der Waals surface area contributed by atoms with Crippen molar-refractivity contribution < 1.29 is 9.53 Å². The summed E-state index contributed by atoms with van der Waals surface area (Å²) in [5.74, 6) is 0.927. The fourth-order valence-electron chi connectivity index (χ4n) is 2.00. The Morgan fingerprint density at radius 2 is 2.25 bits per heavy atom. The molecule has 0 radical (unpaired) electrons. The van der Waals surface area contributed by atoms with Crippen LogP contribution in [0.2, 0.25) is 0 Å². The van der Waals surface area contributed by atoms with Gasteiger partial charge in [-0.25, -0.2) is 0 Å². The second kappa shape index (κ2) is 7.09. The van der Waals surface area contributed by atoms with Crippen LogP contribution in [0.1, 0.15) is 19.8 Å². The summed E-state index contributed by atoms with van der Waals surface area (Å²) < 4.78 is 6.85. The number of thiol groups is 1. The number of benzene rings is 1. The molecule has 0 aliphatic heterocycles. The lowest BCUT2D eigenvalue weighted by molar-refractivity contribution is -0.111. The normalized spacial score (nSPS) is 12.3. The SMILES string of the molecule is CCC(COc1ccc(Br)c2cccnc12)CC(=O)S. The number of carbonyl (C=O) groups excluding carboxylic acids is 1. The molecule has 0 saturated carbocycles. The topological polar surface area (TPSA) is 39.2 Å². The molecule has 0 aliphatic rings. The first-order chi connectivity index (χ1) is 9.61. The van der Waals surface area contributed by atoms with E-state index in [1.807, 2.05) is 31.2 Å². The van der Waals surface area contributed by atoms with E-state index >= 15 is 0 Å². The summed E-state index contributed by atoms with van der Waals surface area (Å²) in [5, 5.41) is 0.919. The molecule has 2 rings (SSSR count). The highest BCUT2D eigenvalue weighted by Crippen LogP contribution is 2.30. The standard InChI is InChI=1S/C15H16BrNO2S/c1-2-10(8-14(18)20)9-19-13-6-5-12(16)11-4-3-7-17-15(11)13/h3-7,10H,2,8-9H2,1H3,(H,18,20). The van der Waals surface area contributed by atoms with Gasteiger partial charge in [-0.15, -0.1) is 12.6 Å². The summed E-state index contributed by atoms with van der Waals surface area (Å²) in [5.41, 5.74) is 0.828. The highest BCUT2D eigenvalue weighted by molar-refractivity contribution is 9.10. The van der Waals surface area contributed by atoms with Crippen molar-refractivity contribution in [3.8, 4) is 5.75 Å². The van der Waals surface area contributed by atoms with E-state index in [0.29, 0.717) is 13.0 Å². The van der Waals surface area contributed by atoms with Crippen molar-refractivity contribution in [1.82, 2.24) is 4.98 Å². The van der Waals surface area contributed by atoms with E-state index in [1.165, 1.54) is 0 Å². The predicted octanol–water partition coefficient (Wildman–Crippen LogP) is 4.25. The van der Waals surface area contributed by atoms with Gasteiger partial charge in [0.15, 0.2) is 5.12 Å². The monoisotopic (exact) mass is 353 g/mol. The number of fused-ring (bicyclic) bond motifs is 1. The van der Waals surface area contributed by atoms with E-state index in [4.69, 9.17) is 4.74 Å². The maximum absolute atomic E-state index is 11.1. The maximum Gasteiger partial charge on any atom is 0.186 e. The van der Waals surface area contributed by atoms with Gasteiger partial charge in [0.05, 0.1) is 6.61 Å². The summed E-state index contributed by atoms with van der Waals surface area (Å²) in [7, 11) is 0. The van der Waals surface area contributed by atoms with Gasteiger partial charge in [-0.2, -0.15) is 0 Å². The Kier molecular flexibility index (Phi) is 5.43. The van der Waals surface area contributed by atoms with Crippen LogP contribution in [0.15, 0.2) is 34.9 Å². The number of rotatable bonds is 6. The van der Waals surface area contributed by atoms with Crippen LogP contribution >= 0.6 is 28.6 Å². The number of hydrogen-bond acceptors (Lipinski definition) is 3. The van der Waals surface area contributed by atoms with Crippen molar-refractivity contribution >= 4 is 44.6 Å². The highest BCUT2D eigenvalue weighted by atomic mass is 79.9. The molecule has 3 nitrogen and oxygen atoms in total. The van der Waals surface area contributed by atoms with E-state index in [1.54, 1.807) is 6.20 Å². The molecule has 1 atom stereocenters.